The highest BCUT2D eigenvalue weighted by Gasteiger charge is 2.56. The second-order valence-electron chi connectivity index (χ2n) is 7.86. The Bertz CT molecular complexity index is 511. The van der Waals surface area contributed by atoms with Gasteiger partial charge in [-0.05, 0) is 51.9 Å². The zero-order valence-electron chi connectivity index (χ0n) is 14.2. The summed E-state index contributed by atoms with van der Waals surface area (Å²) in [7, 11) is -1.46. The van der Waals surface area contributed by atoms with Crippen LogP contribution in [0.1, 0.15) is 46.5 Å². The molecular weight excluding hydrogens is 345 g/mol. The molecule has 0 radical (unpaired) electrons. The standard InChI is InChI=1S/C15H25F3N2O3S/c1-13(2,3)24(23)19-11-8-10(15(16,17)18)9-14(11)4-6-20(7-5-14)12(21)22/h10-11,19H,4-9H2,1-3H3,(H,21,22)/t10-,11+,24?/m0/s1. The van der Waals surface area contributed by atoms with Gasteiger partial charge in [0.1, 0.15) is 0 Å². The molecule has 1 spiro atoms. The third kappa shape index (κ3) is 4.04. The van der Waals surface area contributed by atoms with Crippen LogP contribution in [0.5, 0.6) is 0 Å². The van der Waals surface area contributed by atoms with Crippen LogP contribution in [-0.4, -0.2) is 50.4 Å². The number of carbonyl (C=O) groups is 1. The fourth-order valence-corrected chi connectivity index (χ4v) is 4.63. The monoisotopic (exact) mass is 370 g/mol. The van der Waals surface area contributed by atoms with Gasteiger partial charge in [0.25, 0.3) is 0 Å². The molecule has 9 heteroatoms. The van der Waals surface area contributed by atoms with Crippen LogP contribution in [0.25, 0.3) is 0 Å². The summed E-state index contributed by atoms with van der Waals surface area (Å²) in [6.07, 6.45) is -4.72. The van der Waals surface area contributed by atoms with Gasteiger partial charge in [0.05, 0.1) is 21.7 Å². The van der Waals surface area contributed by atoms with E-state index >= 15 is 0 Å². The van der Waals surface area contributed by atoms with Crippen molar-refractivity contribution in [2.45, 2.75) is 63.4 Å². The van der Waals surface area contributed by atoms with E-state index in [9.17, 15) is 22.2 Å². The highest BCUT2D eigenvalue weighted by Crippen LogP contribution is 2.53. The molecule has 0 aromatic rings. The first-order valence-electron chi connectivity index (χ1n) is 8.08. The molecule has 2 fully saturated rings. The van der Waals surface area contributed by atoms with Crippen molar-refractivity contribution in [3.8, 4) is 0 Å². The van der Waals surface area contributed by atoms with Gasteiger partial charge in [0, 0.05) is 19.1 Å². The minimum atomic E-state index is -4.28. The lowest BCUT2D eigenvalue weighted by atomic mass is 9.74. The first-order chi connectivity index (χ1) is 10.8. The molecule has 0 aromatic heterocycles. The van der Waals surface area contributed by atoms with E-state index in [0.717, 1.165) is 0 Å². The molecule has 1 aliphatic carbocycles. The number of amides is 1. The van der Waals surface area contributed by atoms with Gasteiger partial charge < -0.3 is 10.0 Å². The minimum absolute atomic E-state index is 0.0248. The van der Waals surface area contributed by atoms with E-state index in [0.29, 0.717) is 12.8 Å². The number of nitrogens with zero attached hydrogens (tertiary/aromatic N) is 1. The summed E-state index contributed by atoms with van der Waals surface area (Å²) < 4.78 is 54.5. The summed E-state index contributed by atoms with van der Waals surface area (Å²) in [5, 5.41) is 9.05. The summed E-state index contributed by atoms with van der Waals surface area (Å²) >= 11 is 0. The van der Waals surface area contributed by atoms with Crippen LogP contribution in [0, 0.1) is 11.3 Å². The van der Waals surface area contributed by atoms with E-state index in [-0.39, 0.29) is 25.9 Å². The molecule has 24 heavy (non-hydrogen) atoms. The van der Waals surface area contributed by atoms with Gasteiger partial charge in [-0.25, -0.2) is 13.7 Å². The van der Waals surface area contributed by atoms with Crippen molar-refractivity contribution < 1.29 is 27.3 Å². The topological polar surface area (TPSA) is 69.6 Å². The summed E-state index contributed by atoms with van der Waals surface area (Å²) in [4.78, 5) is 12.3. The fraction of sp³-hybridized carbons (Fsp3) is 0.933. The third-order valence-electron chi connectivity index (χ3n) is 5.21. The maximum absolute atomic E-state index is 13.2. The Morgan fingerprint density at radius 1 is 1.25 bits per heavy atom. The molecule has 0 aromatic carbocycles. The minimum Gasteiger partial charge on any atom is -0.465 e. The Hall–Kier alpha value is -0.830. The first-order valence-corrected chi connectivity index (χ1v) is 9.23. The van der Waals surface area contributed by atoms with Gasteiger partial charge in [-0.15, -0.1) is 0 Å². The van der Waals surface area contributed by atoms with E-state index in [1.165, 1.54) is 4.90 Å². The van der Waals surface area contributed by atoms with Crippen LogP contribution in [0.4, 0.5) is 18.0 Å². The van der Waals surface area contributed by atoms with Gasteiger partial charge in [0.15, 0.2) is 0 Å². The van der Waals surface area contributed by atoms with Gasteiger partial charge in [0.2, 0.25) is 0 Å². The number of hydrogen-bond acceptors (Lipinski definition) is 2. The average molecular weight is 370 g/mol. The molecular formula is C15H25F3N2O3S. The van der Waals surface area contributed by atoms with Crippen molar-refractivity contribution in [3.05, 3.63) is 0 Å². The largest absolute Gasteiger partial charge is 0.465 e. The zero-order valence-corrected chi connectivity index (χ0v) is 15.0. The molecule has 2 rings (SSSR count). The summed E-state index contributed by atoms with van der Waals surface area (Å²) in [5.41, 5.74) is -0.646. The van der Waals surface area contributed by atoms with E-state index in [1.807, 2.05) is 0 Å². The molecule has 1 saturated carbocycles. The summed E-state index contributed by atoms with van der Waals surface area (Å²) in [5.74, 6) is -1.43. The van der Waals surface area contributed by atoms with E-state index in [4.69, 9.17) is 5.11 Å². The predicted octanol–water partition coefficient (Wildman–Crippen LogP) is 3.14. The lowest BCUT2D eigenvalue weighted by Gasteiger charge is -2.43. The SMILES string of the molecule is CC(C)(C)S(=O)N[C@@H]1C[C@H](C(F)(F)F)CC12CCN(C(=O)O)CC2. The first kappa shape index (κ1) is 19.5. The molecule has 1 unspecified atom stereocenters. The highest BCUT2D eigenvalue weighted by molar-refractivity contribution is 7.84. The molecule has 1 aliphatic heterocycles. The molecule has 1 heterocycles. The highest BCUT2D eigenvalue weighted by atomic mass is 32.2. The van der Waals surface area contributed by atoms with Crippen LogP contribution >= 0.6 is 0 Å². The number of hydrogen-bond donors (Lipinski definition) is 2. The number of likely N-dealkylation sites (tertiary alicyclic amines) is 1. The molecule has 1 amide bonds. The molecule has 140 valence electrons. The van der Waals surface area contributed by atoms with Gasteiger partial charge >= 0.3 is 12.3 Å². The Morgan fingerprint density at radius 2 is 1.79 bits per heavy atom. The van der Waals surface area contributed by atoms with Crippen LogP contribution in [0.3, 0.4) is 0 Å². The van der Waals surface area contributed by atoms with Crippen LogP contribution in [-0.2, 0) is 11.0 Å². The molecule has 3 atom stereocenters. The van der Waals surface area contributed by atoms with Gasteiger partial charge in [-0.1, -0.05) is 0 Å². The molecule has 1 saturated heterocycles. The molecule has 5 nitrogen and oxygen atoms in total. The second kappa shape index (κ2) is 6.48. The van der Waals surface area contributed by atoms with Gasteiger partial charge in [-0.2, -0.15) is 13.2 Å². The van der Waals surface area contributed by atoms with Crippen molar-refractivity contribution in [1.82, 2.24) is 9.62 Å². The number of nitrogens with one attached hydrogen (secondary N) is 1. The fourth-order valence-electron chi connectivity index (χ4n) is 3.68. The van der Waals surface area contributed by atoms with E-state index < -0.39 is 45.4 Å². The van der Waals surface area contributed by atoms with Crippen molar-refractivity contribution in [2.24, 2.45) is 11.3 Å². The Kier molecular flexibility index (Phi) is 5.26. The lowest BCUT2D eigenvalue weighted by molar-refractivity contribution is -0.175. The van der Waals surface area contributed by atoms with E-state index in [2.05, 4.69) is 4.72 Å². The van der Waals surface area contributed by atoms with E-state index in [1.54, 1.807) is 20.8 Å². The number of carboxylic acid groups (broad SMARTS) is 1. The van der Waals surface area contributed by atoms with Gasteiger partial charge in [-0.3, -0.25) is 0 Å². The maximum atomic E-state index is 13.2. The number of alkyl halides is 3. The van der Waals surface area contributed by atoms with Crippen LogP contribution in [0.15, 0.2) is 0 Å². The molecule has 2 N–H and O–H groups in total. The van der Waals surface area contributed by atoms with Crippen LogP contribution in [0.2, 0.25) is 0 Å². The normalized spacial score (nSPS) is 29.0. The summed E-state index contributed by atoms with van der Waals surface area (Å²) in [6, 6.07) is -0.514. The molecule has 0 bridgehead atoms. The van der Waals surface area contributed by atoms with Crippen molar-refractivity contribution >= 4 is 17.1 Å². The van der Waals surface area contributed by atoms with Crippen molar-refractivity contribution in [1.29, 1.82) is 0 Å². The van der Waals surface area contributed by atoms with Crippen molar-refractivity contribution in [3.63, 3.8) is 0 Å². The van der Waals surface area contributed by atoms with Crippen LogP contribution < -0.4 is 4.72 Å². The summed E-state index contributed by atoms with van der Waals surface area (Å²) in [6.45, 7) is 5.75. The zero-order chi connectivity index (χ0) is 18.3. The lowest BCUT2D eigenvalue weighted by Crippen LogP contribution is -2.51. The smallest absolute Gasteiger partial charge is 0.407 e. The Morgan fingerprint density at radius 3 is 2.21 bits per heavy atom. The number of halogens is 3. The number of rotatable bonds is 2. The Balaban J connectivity index is 2.19. The average Bonchev–Trinajstić information content (AvgIpc) is 2.77. The Labute approximate surface area is 142 Å². The van der Waals surface area contributed by atoms with Crippen molar-refractivity contribution in [2.75, 3.05) is 13.1 Å². The second-order valence-corrected chi connectivity index (χ2v) is 9.86. The molecule has 2 aliphatic rings. The quantitative estimate of drug-likeness (QED) is 0.785. The number of piperidine rings is 1. The predicted molar refractivity (Wildman–Crippen MR) is 84.9 cm³/mol. The maximum Gasteiger partial charge on any atom is 0.407 e. The third-order valence-corrected chi connectivity index (χ3v) is 6.82.